The monoisotopic (exact) mass is 259 g/mol. The van der Waals surface area contributed by atoms with Gasteiger partial charge in [0.05, 0.1) is 5.69 Å². The maximum atomic E-state index is 11.6. The summed E-state index contributed by atoms with van der Waals surface area (Å²) in [6.45, 7) is 3.89. The molecule has 0 saturated carbocycles. The molecule has 0 unspecified atom stereocenters. The molecule has 0 spiro atoms. The minimum absolute atomic E-state index is 0.156. The lowest BCUT2D eigenvalue weighted by atomic mass is 10.1. The molecule has 0 aliphatic carbocycles. The van der Waals surface area contributed by atoms with Gasteiger partial charge in [-0.1, -0.05) is 12.1 Å². The molecule has 1 saturated heterocycles. The normalized spacial score (nSPS) is 17.0. The van der Waals surface area contributed by atoms with Gasteiger partial charge in [-0.2, -0.15) is 0 Å². The summed E-state index contributed by atoms with van der Waals surface area (Å²) in [5.41, 5.74) is 6.90. The fourth-order valence-electron chi connectivity index (χ4n) is 2.44. The van der Waals surface area contributed by atoms with Gasteiger partial charge in [0, 0.05) is 31.6 Å². The predicted octanol–water partition coefficient (Wildman–Crippen LogP) is 1.13. The Kier molecular flexibility index (Phi) is 2.91. The Morgan fingerprint density at radius 3 is 2.68 bits per heavy atom. The fourth-order valence-corrected chi connectivity index (χ4v) is 2.44. The first-order chi connectivity index (χ1) is 9.15. The SMILES string of the molecule is CN1CCN(c2cccc3cc(N)c(=O)oc23)CC1. The summed E-state index contributed by atoms with van der Waals surface area (Å²) in [4.78, 5) is 16.1. The Hall–Kier alpha value is -2.01. The van der Waals surface area contributed by atoms with Gasteiger partial charge in [0.15, 0.2) is 5.58 Å². The van der Waals surface area contributed by atoms with Gasteiger partial charge in [-0.05, 0) is 19.2 Å². The Morgan fingerprint density at radius 2 is 1.95 bits per heavy atom. The quantitative estimate of drug-likeness (QED) is 0.778. The highest BCUT2D eigenvalue weighted by Gasteiger charge is 2.17. The smallest absolute Gasteiger partial charge is 0.359 e. The molecule has 5 nitrogen and oxygen atoms in total. The number of para-hydroxylation sites is 1. The minimum Gasteiger partial charge on any atom is -0.419 e. The van der Waals surface area contributed by atoms with Crippen molar-refractivity contribution in [2.75, 3.05) is 43.9 Å². The molecule has 1 aliphatic rings. The lowest BCUT2D eigenvalue weighted by Crippen LogP contribution is -2.44. The number of benzene rings is 1. The number of nitrogen functional groups attached to an aromatic ring is 1. The van der Waals surface area contributed by atoms with E-state index < -0.39 is 5.63 Å². The average molecular weight is 259 g/mol. The van der Waals surface area contributed by atoms with Crippen LogP contribution in [0.2, 0.25) is 0 Å². The van der Waals surface area contributed by atoms with Crippen LogP contribution < -0.4 is 16.3 Å². The highest BCUT2D eigenvalue weighted by molar-refractivity contribution is 5.90. The zero-order valence-corrected chi connectivity index (χ0v) is 10.9. The molecule has 1 aromatic heterocycles. The zero-order chi connectivity index (χ0) is 13.4. The van der Waals surface area contributed by atoms with Crippen LogP contribution >= 0.6 is 0 Å². The van der Waals surface area contributed by atoms with Crippen LogP contribution in [-0.4, -0.2) is 38.1 Å². The van der Waals surface area contributed by atoms with Crippen LogP contribution in [0, 0.1) is 0 Å². The van der Waals surface area contributed by atoms with E-state index in [0.29, 0.717) is 5.58 Å². The number of likely N-dealkylation sites (N-methyl/N-ethyl adjacent to an activating group) is 1. The molecule has 19 heavy (non-hydrogen) atoms. The van der Waals surface area contributed by atoms with Gasteiger partial charge < -0.3 is 20.0 Å². The largest absolute Gasteiger partial charge is 0.419 e. The molecule has 100 valence electrons. The van der Waals surface area contributed by atoms with Crippen LogP contribution in [0.5, 0.6) is 0 Å². The Morgan fingerprint density at radius 1 is 1.21 bits per heavy atom. The van der Waals surface area contributed by atoms with Crippen molar-refractivity contribution < 1.29 is 4.42 Å². The summed E-state index contributed by atoms with van der Waals surface area (Å²) in [5, 5.41) is 0.869. The first kappa shape index (κ1) is 12.0. The lowest BCUT2D eigenvalue weighted by molar-refractivity contribution is 0.312. The van der Waals surface area contributed by atoms with Crippen molar-refractivity contribution in [3.63, 3.8) is 0 Å². The number of hydrogen-bond donors (Lipinski definition) is 1. The second kappa shape index (κ2) is 4.59. The number of rotatable bonds is 1. The van der Waals surface area contributed by atoms with Gasteiger partial charge in [0.25, 0.3) is 0 Å². The van der Waals surface area contributed by atoms with E-state index in [0.717, 1.165) is 37.3 Å². The summed E-state index contributed by atoms with van der Waals surface area (Å²) < 4.78 is 5.37. The van der Waals surface area contributed by atoms with Crippen molar-refractivity contribution in [1.82, 2.24) is 4.90 Å². The number of piperazine rings is 1. The van der Waals surface area contributed by atoms with E-state index in [1.165, 1.54) is 0 Å². The van der Waals surface area contributed by atoms with E-state index >= 15 is 0 Å². The molecular formula is C14H17N3O2. The standard InChI is InChI=1S/C14H17N3O2/c1-16-5-7-17(8-6-16)12-4-2-3-10-9-11(15)14(18)19-13(10)12/h2-4,9H,5-8,15H2,1H3. The minimum atomic E-state index is -0.464. The molecule has 0 bridgehead atoms. The number of nitrogens with zero attached hydrogens (tertiary/aromatic N) is 2. The van der Waals surface area contributed by atoms with Crippen LogP contribution in [0.3, 0.4) is 0 Å². The third-order valence-electron chi connectivity index (χ3n) is 3.61. The summed E-state index contributed by atoms with van der Waals surface area (Å²) in [7, 11) is 2.11. The van der Waals surface area contributed by atoms with Crippen molar-refractivity contribution in [2.45, 2.75) is 0 Å². The van der Waals surface area contributed by atoms with E-state index in [2.05, 4.69) is 16.8 Å². The maximum Gasteiger partial charge on any atom is 0.359 e. The molecule has 3 rings (SSSR count). The first-order valence-corrected chi connectivity index (χ1v) is 6.41. The van der Waals surface area contributed by atoms with E-state index in [1.807, 2.05) is 18.2 Å². The van der Waals surface area contributed by atoms with E-state index in [1.54, 1.807) is 6.07 Å². The third kappa shape index (κ3) is 2.17. The lowest BCUT2D eigenvalue weighted by Gasteiger charge is -2.34. The molecule has 0 amide bonds. The zero-order valence-electron chi connectivity index (χ0n) is 10.9. The topological polar surface area (TPSA) is 62.7 Å². The van der Waals surface area contributed by atoms with Crippen molar-refractivity contribution >= 4 is 22.3 Å². The molecule has 5 heteroatoms. The molecule has 2 N–H and O–H groups in total. The summed E-state index contributed by atoms with van der Waals surface area (Å²) >= 11 is 0. The molecular weight excluding hydrogens is 242 g/mol. The van der Waals surface area contributed by atoms with Crippen molar-refractivity contribution in [2.24, 2.45) is 0 Å². The van der Waals surface area contributed by atoms with Gasteiger partial charge in [0.1, 0.15) is 5.69 Å². The van der Waals surface area contributed by atoms with Crippen molar-refractivity contribution in [3.8, 4) is 0 Å². The molecule has 2 heterocycles. The second-order valence-electron chi connectivity index (χ2n) is 4.98. The third-order valence-corrected chi connectivity index (χ3v) is 3.61. The molecule has 1 fully saturated rings. The van der Waals surface area contributed by atoms with Crippen LogP contribution in [0.1, 0.15) is 0 Å². The highest BCUT2D eigenvalue weighted by Crippen LogP contribution is 2.27. The first-order valence-electron chi connectivity index (χ1n) is 6.41. The van der Waals surface area contributed by atoms with E-state index in [-0.39, 0.29) is 5.69 Å². The second-order valence-corrected chi connectivity index (χ2v) is 4.98. The number of hydrogen-bond acceptors (Lipinski definition) is 5. The van der Waals surface area contributed by atoms with Gasteiger partial charge in [0.2, 0.25) is 0 Å². The van der Waals surface area contributed by atoms with Crippen LogP contribution in [0.25, 0.3) is 11.0 Å². The average Bonchev–Trinajstić information content (AvgIpc) is 2.41. The molecule has 0 atom stereocenters. The van der Waals surface area contributed by atoms with Crippen molar-refractivity contribution in [3.05, 3.63) is 34.7 Å². The predicted molar refractivity (Wildman–Crippen MR) is 76.6 cm³/mol. The fraction of sp³-hybridized carbons (Fsp3) is 0.357. The van der Waals surface area contributed by atoms with Crippen LogP contribution in [0.15, 0.2) is 33.5 Å². The highest BCUT2D eigenvalue weighted by atomic mass is 16.4. The van der Waals surface area contributed by atoms with Gasteiger partial charge >= 0.3 is 5.63 Å². The van der Waals surface area contributed by atoms with Crippen molar-refractivity contribution in [1.29, 1.82) is 0 Å². The molecule has 2 aromatic rings. The number of fused-ring (bicyclic) bond motifs is 1. The Bertz CT molecular complexity index is 657. The van der Waals surface area contributed by atoms with Crippen LogP contribution in [0.4, 0.5) is 11.4 Å². The maximum absolute atomic E-state index is 11.6. The molecule has 1 aromatic carbocycles. The summed E-state index contributed by atoms with van der Waals surface area (Å²) in [6.07, 6.45) is 0. The van der Waals surface area contributed by atoms with Crippen LogP contribution in [-0.2, 0) is 0 Å². The Balaban J connectivity index is 2.08. The van der Waals surface area contributed by atoms with Gasteiger partial charge in [-0.25, -0.2) is 4.79 Å². The van der Waals surface area contributed by atoms with Gasteiger partial charge in [-0.3, -0.25) is 0 Å². The number of nitrogens with two attached hydrogens (primary N) is 1. The van der Waals surface area contributed by atoms with E-state index in [4.69, 9.17) is 10.2 Å². The van der Waals surface area contributed by atoms with Gasteiger partial charge in [-0.15, -0.1) is 0 Å². The molecule has 0 radical (unpaired) electrons. The number of anilines is 2. The summed E-state index contributed by atoms with van der Waals surface area (Å²) in [6, 6.07) is 7.55. The Labute approximate surface area is 111 Å². The van der Waals surface area contributed by atoms with E-state index in [9.17, 15) is 4.79 Å². The molecule has 1 aliphatic heterocycles. The summed E-state index contributed by atoms with van der Waals surface area (Å²) in [5.74, 6) is 0.